The number of nitrogens with zero attached hydrogens (tertiary/aromatic N) is 1. The summed E-state index contributed by atoms with van der Waals surface area (Å²) in [6.07, 6.45) is 2.23. The molecule has 1 aliphatic rings. The van der Waals surface area contributed by atoms with Gasteiger partial charge in [0.05, 0.1) is 11.1 Å². The summed E-state index contributed by atoms with van der Waals surface area (Å²) in [6, 6.07) is 23.7. The third-order valence-corrected chi connectivity index (χ3v) is 5.98. The highest BCUT2D eigenvalue weighted by atomic mass is 19.1. The van der Waals surface area contributed by atoms with Crippen LogP contribution in [0.1, 0.15) is 39.1 Å². The maximum atomic E-state index is 13.9. The van der Waals surface area contributed by atoms with Gasteiger partial charge in [-0.2, -0.15) is 0 Å². The molecule has 1 heterocycles. The largest absolute Gasteiger partial charge is 0.371 e. The molecule has 0 atom stereocenters. The van der Waals surface area contributed by atoms with Crippen molar-refractivity contribution in [3.05, 3.63) is 101 Å². The zero-order valence-electron chi connectivity index (χ0n) is 18.5. The van der Waals surface area contributed by atoms with Gasteiger partial charge in [-0.15, -0.1) is 0 Å². The Kier molecular flexibility index (Phi) is 7.35. The number of hydrogen-bond donors (Lipinski definition) is 2. The van der Waals surface area contributed by atoms with Gasteiger partial charge in [-0.3, -0.25) is 9.59 Å². The van der Waals surface area contributed by atoms with E-state index in [-0.39, 0.29) is 23.4 Å². The molecular formula is C27H28FN3O2. The molecule has 3 aromatic rings. The molecule has 3 aromatic carbocycles. The molecule has 170 valence electrons. The summed E-state index contributed by atoms with van der Waals surface area (Å²) in [5.41, 5.74) is 2.80. The van der Waals surface area contributed by atoms with E-state index in [9.17, 15) is 14.0 Å². The van der Waals surface area contributed by atoms with Crippen molar-refractivity contribution in [1.82, 2.24) is 10.6 Å². The fourth-order valence-electron chi connectivity index (χ4n) is 4.17. The summed E-state index contributed by atoms with van der Waals surface area (Å²) in [4.78, 5) is 27.5. The van der Waals surface area contributed by atoms with Crippen molar-refractivity contribution in [3.8, 4) is 0 Å². The molecule has 6 heteroatoms. The van der Waals surface area contributed by atoms with Crippen molar-refractivity contribution in [2.45, 2.75) is 25.3 Å². The average molecular weight is 446 g/mol. The van der Waals surface area contributed by atoms with E-state index in [4.69, 9.17) is 0 Å². The van der Waals surface area contributed by atoms with E-state index in [1.54, 1.807) is 12.1 Å². The molecule has 0 aromatic heterocycles. The number of benzene rings is 3. The number of para-hydroxylation sites is 1. The maximum Gasteiger partial charge on any atom is 0.254 e. The first-order chi connectivity index (χ1) is 16.1. The molecule has 0 aliphatic carbocycles. The number of carbonyl (C=O) groups excluding carboxylic acids is 2. The molecule has 2 N–H and O–H groups in total. The second-order valence-corrected chi connectivity index (χ2v) is 8.22. The average Bonchev–Trinajstić information content (AvgIpc) is 2.85. The SMILES string of the molecule is O=C(NC1CCN(c2ccccc2C(=O)NCCc2ccccc2)CC1)c1ccccc1F. The normalized spacial score (nSPS) is 14.0. The minimum atomic E-state index is -0.514. The van der Waals surface area contributed by atoms with Gasteiger partial charge in [-0.1, -0.05) is 54.6 Å². The highest BCUT2D eigenvalue weighted by Crippen LogP contribution is 2.24. The van der Waals surface area contributed by atoms with Crippen LogP contribution in [0.2, 0.25) is 0 Å². The third-order valence-electron chi connectivity index (χ3n) is 5.98. The topological polar surface area (TPSA) is 61.4 Å². The van der Waals surface area contributed by atoms with Crippen molar-refractivity contribution in [2.75, 3.05) is 24.5 Å². The van der Waals surface area contributed by atoms with Crippen LogP contribution >= 0.6 is 0 Å². The van der Waals surface area contributed by atoms with E-state index in [2.05, 4.69) is 27.7 Å². The molecule has 5 nitrogen and oxygen atoms in total. The highest BCUT2D eigenvalue weighted by molar-refractivity contribution is 6.00. The van der Waals surface area contributed by atoms with E-state index in [0.717, 1.165) is 24.9 Å². The van der Waals surface area contributed by atoms with Gasteiger partial charge in [0.1, 0.15) is 5.82 Å². The Balaban J connectivity index is 1.32. The summed E-state index contributed by atoms with van der Waals surface area (Å²) < 4.78 is 13.9. The lowest BCUT2D eigenvalue weighted by atomic mass is 10.0. The van der Waals surface area contributed by atoms with Crippen molar-refractivity contribution in [1.29, 1.82) is 0 Å². The number of halogens is 1. The molecule has 2 amide bonds. The Morgan fingerprint density at radius 1 is 0.818 bits per heavy atom. The van der Waals surface area contributed by atoms with Crippen molar-refractivity contribution in [2.24, 2.45) is 0 Å². The van der Waals surface area contributed by atoms with Gasteiger partial charge < -0.3 is 15.5 Å². The minimum Gasteiger partial charge on any atom is -0.371 e. The Morgan fingerprint density at radius 3 is 2.18 bits per heavy atom. The second kappa shape index (κ2) is 10.8. The third kappa shape index (κ3) is 5.77. The summed E-state index contributed by atoms with van der Waals surface area (Å²) in [5, 5.41) is 5.97. The number of piperidine rings is 1. The van der Waals surface area contributed by atoms with Gasteiger partial charge >= 0.3 is 0 Å². The predicted molar refractivity (Wildman–Crippen MR) is 128 cm³/mol. The van der Waals surface area contributed by atoms with E-state index in [1.165, 1.54) is 17.7 Å². The van der Waals surface area contributed by atoms with E-state index >= 15 is 0 Å². The number of anilines is 1. The van der Waals surface area contributed by atoms with Gasteiger partial charge in [0.15, 0.2) is 0 Å². The molecule has 4 rings (SSSR count). The van der Waals surface area contributed by atoms with Crippen LogP contribution in [0.25, 0.3) is 0 Å². The number of nitrogens with one attached hydrogen (secondary N) is 2. The first-order valence-electron chi connectivity index (χ1n) is 11.3. The number of hydrogen-bond acceptors (Lipinski definition) is 3. The van der Waals surface area contributed by atoms with Crippen molar-refractivity contribution in [3.63, 3.8) is 0 Å². The van der Waals surface area contributed by atoms with Crippen LogP contribution in [-0.2, 0) is 6.42 Å². The molecular weight excluding hydrogens is 417 g/mol. The zero-order valence-corrected chi connectivity index (χ0v) is 18.5. The standard InChI is InChI=1S/C27H28FN3O2/c28-24-12-6-4-10-22(24)27(33)30-21-15-18-31(19-16-21)25-13-7-5-11-23(25)26(32)29-17-14-20-8-2-1-3-9-20/h1-13,21H,14-19H2,(H,29,32)(H,30,33). The molecule has 0 bridgehead atoms. The summed E-state index contributed by atoms with van der Waals surface area (Å²) >= 11 is 0. The highest BCUT2D eigenvalue weighted by Gasteiger charge is 2.24. The molecule has 1 saturated heterocycles. The summed E-state index contributed by atoms with van der Waals surface area (Å²) in [5.74, 6) is -0.985. The minimum absolute atomic E-state index is 0.0276. The van der Waals surface area contributed by atoms with Gasteiger partial charge in [0.25, 0.3) is 11.8 Å². The molecule has 0 unspecified atom stereocenters. The Morgan fingerprint density at radius 2 is 1.45 bits per heavy atom. The van der Waals surface area contributed by atoms with Crippen LogP contribution in [0.3, 0.4) is 0 Å². The lowest BCUT2D eigenvalue weighted by Crippen LogP contribution is -2.45. The van der Waals surface area contributed by atoms with Crippen LogP contribution in [0, 0.1) is 5.82 Å². The second-order valence-electron chi connectivity index (χ2n) is 8.22. The number of rotatable bonds is 7. The molecule has 33 heavy (non-hydrogen) atoms. The lowest BCUT2D eigenvalue weighted by Gasteiger charge is -2.35. The van der Waals surface area contributed by atoms with Crippen LogP contribution in [-0.4, -0.2) is 37.5 Å². The lowest BCUT2D eigenvalue weighted by molar-refractivity contribution is 0.0925. The fourth-order valence-corrected chi connectivity index (χ4v) is 4.17. The van der Waals surface area contributed by atoms with Gasteiger partial charge in [-0.05, 0) is 49.1 Å². The van der Waals surface area contributed by atoms with Crippen LogP contribution < -0.4 is 15.5 Å². The van der Waals surface area contributed by atoms with Crippen LogP contribution in [0.5, 0.6) is 0 Å². The van der Waals surface area contributed by atoms with Crippen molar-refractivity contribution >= 4 is 17.5 Å². The van der Waals surface area contributed by atoms with Gasteiger partial charge in [-0.25, -0.2) is 4.39 Å². The molecule has 0 spiro atoms. The first-order valence-corrected chi connectivity index (χ1v) is 11.3. The molecule has 0 radical (unpaired) electrons. The van der Waals surface area contributed by atoms with E-state index in [0.29, 0.717) is 25.2 Å². The quantitative estimate of drug-likeness (QED) is 0.573. The maximum absolute atomic E-state index is 13.9. The summed E-state index contributed by atoms with van der Waals surface area (Å²) in [7, 11) is 0. The predicted octanol–water partition coefficient (Wildman–Crippen LogP) is 4.20. The Bertz CT molecular complexity index is 1100. The van der Waals surface area contributed by atoms with Gasteiger partial charge in [0.2, 0.25) is 0 Å². The monoisotopic (exact) mass is 445 g/mol. The Labute approximate surface area is 193 Å². The Hall–Kier alpha value is -3.67. The zero-order chi connectivity index (χ0) is 23.0. The fraction of sp³-hybridized carbons (Fsp3) is 0.259. The van der Waals surface area contributed by atoms with E-state index < -0.39 is 5.82 Å². The number of amides is 2. The molecule has 1 aliphatic heterocycles. The molecule has 0 saturated carbocycles. The van der Waals surface area contributed by atoms with E-state index in [1.807, 2.05) is 42.5 Å². The smallest absolute Gasteiger partial charge is 0.254 e. The first kappa shape index (κ1) is 22.5. The van der Waals surface area contributed by atoms with Crippen molar-refractivity contribution < 1.29 is 14.0 Å². The molecule has 1 fully saturated rings. The van der Waals surface area contributed by atoms with Crippen LogP contribution in [0.15, 0.2) is 78.9 Å². The summed E-state index contributed by atoms with van der Waals surface area (Å²) in [6.45, 7) is 1.98. The van der Waals surface area contributed by atoms with Crippen LogP contribution in [0.4, 0.5) is 10.1 Å². The number of carbonyl (C=O) groups is 2. The van der Waals surface area contributed by atoms with Gasteiger partial charge in [0, 0.05) is 31.4 Å².